The largest absolute Gasteiger partial charge is 0.494 e. The van der Waals surface area contributed by atoms with Crippen molar-refractivity contribution in [1.82, 2.24) is 5.43 Å². The lowest BCUT2D eigenvalue weighted by atomic mass is 9.98. The van der Waals surface area contributed by atoms with Gasteiger partial charge < -0.3 is 4.74 Å². The van der Waals surface area contributed by atoms with Gasteiger partial charge in [-0.15, -0.1) is 0 Å². The topological polar surface area (TPSA) is 47.3 Å². The molecule has 0 aliphatic rings. The van der Waals surface area contributed by atoms with E-state index < -0.39 is 5.82 Å². The summed E-state index contributed by atoms with van der Waals surface area (Å²) in [7, 11) is 1.43. The van der Waals surface area contributed by atoms with Crippen LogP contribution in [0.5, 0.6) is 5.75 Å². The average molecular weight is 295 g/mol. The van der Waals surface area contributed by atoms with Crippen LogP contribution in [0, 0.1) is 5.82 Å². The lowest BCUT2D eigenvalue weighted by Gasteiger charge is -2.18. The number of nitrogens with one attached hydrogen (secondary N) is 1. The van der Waals surface area contributed by atoms with E-state index in [1.807, 2.05) is 18.2 Å². The Labute approximate surface area is 122 Å². The second-order valence-electron chi connectivity index (χ2n) is 4.42. The monoisotopic (exact) mass is 294 g/mol. The zero-order valence-corrected chi connectivity index (χ0v) is 11.8. The number of rotatable bonds is 5. The number of ether oxygens (including phenoxy) is 1. The average Bonchev–Trinajstić information content (AvgIpc) is 2.45. The molecule has 0 fully saturated rings. The second kappa shape index (κ2) is 6.70. The summed E-state index contributed by atoms with van der Waals surface area (Å²) in [5.74, 6) is 5.36. The van der Waals surface area contributed by atoms with Crippen LogP contribution in [-0.2, 0) is 6.42 Å². The Kier molecular flexibility index (Phi) is 4.95. The summed E-state index contributed by atoms with van der Waals surface area (Å²) in [6.07, 6.45) is 0.529. The Morgan fingerprint density at radius 1 is 1.30 bits per heavy atom. The lowest BCUT2D eigenvalue weighted by molar-refractivity contribution is 0.379. The lowest BCUT2D eigenvalue weighted by Crippen LogP contribution is -2.30. The molecule has 0 saturated heterocycles. The Morgan fingerprint density at radius 2 is 2.05 bits per heavy atom. The zero-order valence-electron chi connectivity index (χ0n) is 11.1. The number of benzene rings is 2. The summed E-state index contributed by atoms with van der Waals surface area (Å²) >= 11 is 5.95. The maximum Gasteiger partial charge on any atom is 0.169 e. The van der Waals surface area contributed by atoms with Crippen LogP contribution in [-0.4, -0.2) is 7.11 Å². The molecule has 0 bridgehead atoms. The van der Waals surface area contributed by atoms with Crippen molar-refractivity contribution in [3.05, 3.63) is 64.4 Å². The van der Waals surface area contributed by atoms with Crippen molar-refractivity contribution in [2.24, 2.45) is 5.84 Å². The first-order chi connectivity index (χ1) is 9.65. The highest BCUT2D eigenvalue weighted by Crippen LogP contribution is 2.27. The van der Waals surface area contributed by atoms with E-state index in [0.29, 0.717) is 17.0 Å². The molecule has 0 aliphatic heterocycles. The van der Waals surface area contributed by atoms with E-state index in [-0.39, 0.29) is 11.8 Å². The van der Waals surface area contributed by atoms with Gasteiger partial charge in [0.15, 0.2) is 11.6 Å². The molecule has 0 heterocycles. The first kappa shape index (κ1) is 14.8. The van der Waals surface area contributed by atoms with Crippen LogP contribution in [0.2, 0.25) is 5.02 Å². The Bertz CT molecular complexity index is 592. The van der Waals surface area contributed by atoms with E-state index >= 15 is 0 Å². The van der Waals surface area contributed by atoms with Crippen molar-refractivity contribution < 1.29 is 9.13 Å². The molecule has 20 heavy (non-hydrogen) atoms. The van der Waals surface area contributed by atoms with Crippen molar-refractivity contribution in [2.45, 2.75) is 12.5 Å². The maximum absolute atomic E-state index is 14.2. The molecule has 2 aromatic carbocycles. The van der Waals surface area contributed by atoms with Crippen molar-refractivity contribution >= 4 is 11.6 Å². The van der Waals surface area contributed by atoms with Crippen molar-refractivity contribution in [1.29, 1.82) is 0 Å². The van der Waals surface area contributed by atoms with Gasteiger partial charge in [0.2, 0.25) is 0 Å². The summed E-state index contributed by atoms with van der Waals surface area (Å²) in [6.45, 7) is 0. The number of hydrogen-bond donors (Lipinski definition) is 2. The van der Waals surface area contributed by atoms with Gasteiger partial charge in [-0.05, 0) is 30.2 Å². The first-order valence-electron chi connectivity index (χ1n) is 6.18. The van der Waals surface area contributed by atoms with E-state index in [0.717, 1.165) is 5.56 Å². The van der Waals surface area contributed by atoms with Gasteiger partial charge in [-0.1, -0.05) is 35.9 Å². The predicted molar refractivity (Wildman–Crippen MR) is 78.2 cm³/mol. The molecule has 0 saturated carbocycles. The molecule has 3 N–H and O–H groups in total. The summed E-state index contributed by atoms with van der Waals surface area (Å²) in [5, 5.41) is 0.643. The van der Waals surface area contributed by atoms with E-state index in [2.05, 4.69) is 5.43 Å². The fourth-order valence-electron chi connectivity index (χ4n) is 2.11. The minimum atomic E-state index is -0.403. The maximum atomic E-state index is 14.2. The molecule has 1 unspecified atom stereocenters. The van der Waals surface area contributed by atoms with Crippen LogP contribution in [0.3, 0.4) is 0 Å². The molecule has 0 aliphatic carbocycles. The van der Waals surface area contributed by atoms with Gasteiger partial charge in [0, 0.05) is 10.6 Å². The van der Waals surface area contributed by atoms with Crippen LogP contribution < -0.4 is 16.0 Å². The fourth-order valence-corrected chi connectivity index (χ4v) is 2.33. The van der Waals surface area contributed by atoms with Gasteiger partial charge in [0.25, 0.3) is 0 Å². The molecular weight excluding hydrogens is 279 g/mol. The van der Waals surface area contributed by atoms with Gasteiger partial charge in [0.1, 0.15) is 0 Å². The van der Waals surface area contributed by atoms with Gasteiger partial charge >= 0.3 is 0 Å². The Hall–Kier alpha value is -1.62. The fraction of sp³-hybridized carbons (Fsp3) is 0.200. The summed E-state index contributed by atoms with van der Waals surface area (Å²) < 4.78 is 19.2. The minimum absolute atomic E-state index is 0.203. The molecule has 1 atom stereocenters. The van der Waals surface area contributed by atoms with Gasteiger partial charge in [0.05, 0.1) is 13.2 Å². The normalized spacial score (nSPS) is 12.2. The highest BCUT2D eigenvalue weighted by molar-refractivity contribution is 6.30. The summed E-state index contributed by atoms with van der Waals surface area (Å²) in [6, 6.07) is 12.1. The van der Waals surface area contributed by atoms with Crippen LogP contribution in [0.1, 0.15) is 17.2 Å². The van der Waals surface area contributed by atoms with Gasteiger partial charge in [-0.25, -0.2) is 4.39 Å². The van der Waals surface area contributed by atoms with Crippen LogP contribution in [0.15, 0.2) is 42.5 Å². The Balaban J connectivity index is 2.29. The second-order valence-corrected chi connectivity index (χ2v) is 4.85. The number of halogens is 2. The molecule has 5 heteroatoms. The van der Waals surface area contributed by atoms with E-state index in [1.165, 1.54) is 7.11 Å². The minimum Gasteiger partial charge on any atom is -0.494 e. The van der Waals surface area contributed by atoms with Crippen LogP contribution in [0.25, 0.3) is 0 Å². The van der Waals surface area contributed by atoms with Crippen LogP contribution in [0.4, 0.5) is 4.39 Å². The first-order valence-corrected chi connectivity index (χ1v) is 6.56. The highest BCUT2D eigenvalue weighted by atomic mass is 35.5. The van der Waals surface area contributed by atoms with E-state index in [1.54, 1.807) is 24.3 Å². The van der Waals surface area contributed by atoms with Crippen molar-refractivity contribution in [2.75, 3.05) is 7.11 Å². The van der Waals surface area contributed by atoms with Gasteiger partial charge in [-0.3, -0.25) is 11.3 Å². The highest BCUT2D eigenvalue weighted by Gasteiger charge is 2.18. The molecule has 0 amide bonds. The van der Waals surface area contributed by atoms with E-state index in [4.69, 9.17) is 22.2 Å². The van der Waals surface area contributed by atoms with Crippen molar-refractivity contribution in [3.8, 4) is 5.75 Å². The number of hydrazine groups is 1. The third-order valence-electron chi connectivity index (χ3n) is 3.12. The summed E-state index contributed by atoms with van der Waals surface area (Å²) in [5.41, 5.74) is 4.08. The quantitative estimate of drug-likeness (QED) is 0.657. The SMILES string of the molecule is COc1cccc(C(Cc2cccc(Cl)c2)NN)c1F. The summed E-state index contributed by atoms with van der Waals surface area (Å²) in [4.78, 5) is 0. The van der Waals surface area contributed by atoms with Crippen LogP contribution >= 0.6 is 11.6 Å². The molecule has 0 radical (unpaired) electrons. The molecule has 2 aromatic rings. The van der Waals surface area contributed by atoms with Gasteiger partial charge in [-0.2, -0.15) is 0 Å². The Morgan fingerprint density at radius 3 is 2.70 bits per heavy atom. The molecule has 2 rings (SSSR count). The molecular formula is C15H16ClFN2O. The van der Waals surface area contributed by atoms with Crippen molar-refractivity contribution in [3.63, 3.8) is 0 Å². The smallest absolute Gasteiger partial charge is 0.169 e. The predicted octanol–water partition coefficient (Wildman–Crippen LogP) is 3.23. The number of nitrogens with two attached hydrogens (primary N) is 1. The van der Waals surface area contributed by atoms with E-state index in [9.17, 15) is 4.39 Å². The molecule has 0 aromatic heterocycles. The molecule has 0 spiro atoms. The molecule has 3 nitrogen and oxygen atoms in total. The number of hydrogen-bond acceptors (Lipinski definition) is 3. The zero-order chi connectivity index (χ0) is 14.5. The third-order valence-corrected chi connectivity index (χ3v) is 3.35. The standard InChI is InChI=1S/C15H16ClFN2O/c1-20-14-7-3-6-12(15(14)17)13(19-18)9-10-4-2-5-11(16)8-10/h2-8,13,19H,9,18H2,1H3. The third kappa shape index (κ3) is 3.28. The molecule has 106 valence electrons. The number of methoxy groups -OCH3 is 1.